The second-order valence-corrected chi connectivity index (χ2v) is 7.48. The minimum atomic E-state index is -0.536. The van der Waals surface area contributed by atoms with E-state index in [1.165, 1.54) is 0 Å². The van der Waals surface area contributed by atoms with E-state index in [1.807, 2.05) is 32.0 Å². The van der Waals surface area contributed by atoms with Crippen LogP contribution in [0.2, 0.25) is 5.02 Å². The van der Waals surface area contributed by atoms with Crippen molar-refractivity contribution in [2.45, 2.75) is 38.8 Å². The first-order valence-corrected chi connectivity index (χ1v) is 10.1. The van der Waals surface area contributed by atoms with E-state index in [4.69, 9.17) is 22.1 Å². The molecule has 0 saturated heterocycles. The Bertz CT molecular complexity index is 993. The lowest BCUT2D eigenvalue weighted by Gasteiger charge is -2.23. The van der Waals surface area contributed by atoms with E-state index in [1.54, 1.807) is 30.5 Å². The van der Waals surface area contributed by atoms with Crippen molar-refractivity contribution in [3.8, 4) is 22.8 Å². The molecule has 158 valence electrons. The highest BCUT2D eigenvalue weighted by atomic mass is 35.5. The van der Waals surface area contributed by atoms with Gasteiger partial charge in [-0.3, -0.25) is 9.89 Å². The van der Waals surface area contributed by atoms with Crippen molar-refractivity contribution in [3.05, 3.63) is 65.1 Å². The number of rotatable bonds is 9. The molecule has 3 rings (SSSR count). The number of nitrogens with two attached hydrogens (primary N) is 1. The maximum absolute atomic E-state index is 15.3. The molecular weight excluding hydrogens is 407 g/mol. The Morgan fingerprint density at radius 2 is 2.00 bits per heavy atom. The van der Waals surface area contributed by atoms with Crippen LogP contribution in [0.3, 0.4) is 0 Å². The zero-order valence-corrected chi connectivity index (χ0v) is 17.5. The molecule has 0 radical (unpaired) electrons. The van der Waals surface area contributed by atoms with Crippen molar-refractivity contribution in [1.29, 1.82) is 0 Å². The van der Waals surface area contributed by atoms with Gasteiger partial charge in [-0.2, -0.15) is 5.10 Å². The minimum absolute atomic E-state index is 0.0359. The second-order valence-electron chi connectivity index (χ2n) is 7.08. The standard InChI is InChI=1S/C22H24ClFN4O2/c1-3-18(27-13(2)12-20(25)29)16-8-9-17(23)22(21(16)24)30-15-6-4-14(5-7-15)19-10-11-26-28-19/h4-11,13,18,27H,3,12H2,1-2H3,(H2,25,29)(H,26,28)/t13-,18-/m1/s1. The summed E-state index contributed by atoms with van der Waals surface area (Å²) >= 11 is 6.23. The molecule has 6 nitrogen and oxygen atoms in total. The molecule has 0 saturated carbocycles. The highest BCUT2D eigenvalue weighted by molar-refractivity contribution is 6.32. The van der Waals surface area contributed by atoms with Gasteiger partial charge in [0.2, 0.25) is 5.91 Å². The Hall–Kier alpha value is -2.90. The maximum atomic E-state index is 15.3. The molecule has 2 atom stereocenters. The molecule has 0 aliphatic rings. The summed E-state index contributed by atoms with van der Waals surface area (Å²) in [5.41, 5.74) is 7.47. The van der Waals surface area contributed by atoms with Crippen LogP contribution >= 0.6 is 11.6 Å². The van der Waals surface area contributed by atoms with E-state index in [9.17, 15) is 4.79 Å². The number of nitrogens with one attached hydrogen (secondary N) is 2. The normalized spacial score (nSPS) is 13.1. The molecule has 0 bridgehead atoms. The van der Waals surface area contributed by atoms with Gasteiger partial charge in [-0.05, 0) is 55.3 Å². The lowest BCUT2D eigenvalue weighted by Crippen LogP contribution is -2.34. The molecule has 1 amide bonds. The number of H-pyrrole nitrogens is 1. The summed E-state index contributed by atoms with van der Waals surface area (Å²) in [5, 5.41) is 10.2. The number of hydrogen-bond donors (Lipinski definition) is 3. The van der Waals surface area contributed by atoms with Crippen molar-refractivity contribution in [1.82, 2.24) is 15.5 Å². The first-order valence-electron chi connectivity index (χ1n) is 9.69. The average molecular weight is 431 g/mol. The number of primary amides is 1. The van der Waals surface area contributed by atoms with Gasteiger partial charge in [0.25, 0.3) is 0 Å². The Morgan fingerprint density at radius 3 is 2.60 bits per heavy atom. The minimum Gasteiger partial charge on any atom is -0.453 e. The predicted molar refractivity (Wildman–Crippen MR) is 115 cm³/mol. The van der Waals surface area contributed by atoms with Gasteiger partial charge < -0.3 is 15.8 Å². The SMILES string of the molecule is CC[C@@H](N[C@H](C)CC(N)=O)c1ccc(Cl)c(Oc2ccc(-c3ccn[nH]3)cc2)c1F. The fourth-order valence-electron chi connectivity index (χ4n) is 3.28. The van der Waals surface area contributed by atoms with Crippen LogP contribution < -0.4 is 15.8 Å². The fraction of sp³-hybridized carbons (Fsp3) is 0.273. The molecule has 8 heteroatoms. The summed E-state index contributed by atoms with van der Waals surface area (Å²) in [4.78, 5) is 11.1. The van der Waals surface area contributed by atoms with E-state index in [0.29, 0.717) is 17.7 Å². The molecule has 3 aromatic rings. The zero-order valence-electron chi connectivity index (χ0n) is 16.8. The molecule has 4 N–H and O–H groups in total. The molecular formula is C22H24ClFN4O2. The number of ether oxygens (including phenoxy) is 1. The molecule has 1 aromatic heterocycles. The average Bonchev–Trinajstić information content (AvgIpc) is 3.24. The van der Waals surface area contributed by atoms with Crippen LogP contribution in [0, 0.1) is 5.82 Å². The number of amides is 1. The molecule has 30 heavy (non-hydrogen) atoms. The van der Waals surface area contributed by atoms with E-state index in [0.717, 1.165) is 11.3 Å². The lowest BCUT2D eigenvalue weighted by atomic mass is 10.0. The number of nitrogens with zero attached hydrogens (tertiary/aromatic N) is 1. The van der Waals surface area contributed by atoms with E-state index >= 15 is 4.39 Å². The van der Waals surface area contributed by atoms with Crippen molar-refractivity contribution < 1.29 is 13.9 Å². The van der Waals surface area contributed by atoms with Crippen LogP contribution in [-0.4, -0.2) is 22.1 Å². The summed E-state index contributed by atoms with van der Waals surface area (Å²) in [6, 6.07) is 11.8. The van der Waals surface area contributed by atoms with Crippen molar-refractivity contribution >= 4 is 17.5 Å². The van der Waals surface area contributed by atoms with Crippen LogP contribution in [0.5, 0.6) is 11.5 Å². The third-order valence-corrected chi connectivity index (χ3v) is 5.04. The summed E-state index contributed by atoms with van der Waals surface area (Å²) in [7, 11) is 0. The number of aromatic amines is 1. The van der Waals surface area contributed by atoms with Crippen LogP contribution in [0.25, 0.3) is 11.3 Å². The molecule has 0 unspecified atom stereocenters. The predicted octanol–water partition coefficient (Wildman–Crippen LogP) is 4.97. The summed E-state index contributed by atoms with van der Waals surface area (Å²) in [6.45, 7) is 3.76. The summed E-state index contributed by atoms with van der Waals surface area (Å²) < 4.78 is 21.1. The third-order valence-electron chi connectivity index (χ3n) is 4.74. The summed E-state index contributed by atoms with van der Waals surface area (Å²) in [5.74, 6) is -0.527. The Balaban J connectivity index is 1.82. The number of carbonyl (C=O) groups is 1. The first kappa shape index (κ1) is 21.8. The number of benzene rings is 2. The second kappa shape index (κ2) is 9.73. The van der Waals surface area contributed by atoms with Gasteiger partial charge >= 0.3 is 0 Å². The van der Waals surface area contributed by atoms with Gasteiger partial charge in [-0.1, -0.05) is 24.6 Å². The lowest BCUT2D eigenvalue weighted by molar-refractivity contribution is -0.118. The van der Waals surface area contributed by atoms with Gasteiger partial charge in [-0.15, -0.1) is 0 Å². The number of halogens is 2. The molecule has 0 aliphatic carbocycles. The number of hydrogen-bond acceptors (Lipinski definition) is 4. The van der Waals surface area contributed by atoms with E-state index in [2.05, 4.69) is 15.5 Å². The zero-order chi connectivity index (χ0) is 21.7. The van der Waals surface area contributed by atoms with Crippen LogP contribution in [-0.2, 0) is 4.79 Å². The Labute approximate surface area is 179 Å². The highest BCUT2D eigenvalue weighted by Crippen LogP contribution is 2.37. The third kappa shape index (κ3) is 5.17. The van der Waals surface area contributed by atoms with Gasteiger partial charge in [0.15, 0.2) is 11.6 Å². The van der Waals surface area contributed by atoms with Crippen molar-refractivity contribution in [2.24, 2.45) is 5.73 Å². The molecule has 0 spiro atoms. The van der Waals surface area contributed by atoms with E-state index < -0.39 is 11.7 Å². The number of aromatic nitrogens is 2. The quantitative estimate of drug-likeness (QED) is 0.447. The smallest absolute Gasteiger partial charge is 0.218 e. The van der Waals surface area contributed by atoms with Gasteiger partial charge in [0.05, 0.1) is 10.7 Å². The highest BCUT2D eigenvalue weighted by Gasteiger charge is 2.22. The van der Waals surface area contributed by atoms with Gasteiger partial charge in [0, 0.05) is 30.3 Å². The Kier molecular flexibility index (Phi) is 7.07. The number of carbonyl (C=O) groups excluding carboxylic acids is 1. The molecule has 1 heterocycles. The first-order chi connectivity index (χ1) is 14.4. The van der Waals surface area contributed by atoms with Crippen LogP contribution in [0.15, 0.2) is 48.7 Å². The molecule has 0 aliphatic heterocycles. The van der Waals surface area contributed by atoms with Crippen LogP contribution in [0.1, 0.15) is 38.3 Å². The summed E-state index contributed by atoms with van der Waals surface area (Å²) in [6.07, 6.45) is 2.45. The fourth-order valence-corrected chi connectivity index (χ4v) is 3.46. The van der Waals surface area contributed by atoms with E-state index in [-0.39, 0.29) is 29.3 Å². The van der Waals surface area contributed by atoms with Crippen LogP contribution in [0.4, 0.5) is 4.39 Å². The van der Waals surface area contributed by atoms with Crippen molar-refractivity contribution in [3.63, 3.8) is 0 Å². The monoisotopic (exact) mass is 430 g/mol. The molecule has 0 fully saturated rings. The van der Waals surface area contributed by atoms with Gasteiger partial charge in [-0.25, -0.2) is 4.39 Å². The topological polar surface area (TPSA) is 93.0 Å². The molecule has 2 aromatic carbocycles. The Morgan fingerprint density at radius 1 is 1.27 bits per heavy atom. The largest absolute Gasteiger partial charge is 0.453 e. The van der Waals surface area contributed by atoms with Gasteiger partial charge in [0.1, 0.15) is 5.75 Å². The van der Waals surface area contributed by atoms with Crippen molar-refractivity contribution in [2.75, 3.05) is 0 Å². The maximum Gasteiger partial charge on any atom is 0.218 e.